The van der Waals surface area contributed by atoms with Crippen molar-refractivity contribution in [2.75, 3.05) is 17.2 Å². The van der Waals surface area contributed by atoms with Crippen molar-refractivity contribution in [3.63, 3.8) is 0 Å². The Morgan fingerprint density at radius 2 is 1.64 bits per heavy atom. The molecular weight excluding hydrogens is 554 g/mol. The summed E-state index contributed by atoms with van der Waals surface area (Å²) in [4.78, 5) is 45.6. The Bertz CT molecular complexity index is 1600. The Morgan fingerprint density at radius 1 is 0.905 bits per heavy atom. The van der Waals surface area contributed by atoms with E-state index in [1.165, 1.54) is 6.42 Å². The van der Waals surface area contributed by atoms with Gasteiger partial charge in [-0.1, -0.05) is 73.3 Å². The monoisotopic (exact) mass is 585 g/mol. The van der Waals surface area contributed by atoms with Gasteiger partial charge in [-0.2, -0.15) is 0 Å². The van der Waals surface area contributed by atoms with Gasteiger partial charge in [0.1, 0.15) is 16.8 Å². The minimum Gasteiger partial charge on any atom is -0.481 e. The highest BCUT2D eigenvalue weighted by molar-refractivity contribution is 6.30. The lowest BCUT2D eigenvalue weighted by Crippen LogP contribution is -2.39. The van der Waals surface area contributed by atoms with E-state index < -0.39 is 5.97 Å². The van der Waals surface area contributed by atoms with E-state index in [9.17, 15) is 19.5 Å². The number of hydrogen-bond acceptors (Lipinski definition) is 6. The highest BCUT2D eigenvalue weighted by atomic mass is 35.5. The smallest absolute Gasteiger partial charge is 0.308 e. The summed E-state index contributed by atoms with van der Waals surface area (Å²) in [6.07, 6.45) is 5.25. The fourth-order valence-electron chi connectivity index (χ4n) is 5.15. The average Bonchev–Trinajstić information content (AvgIpc) is 2.98. The summed E-state index contributed by atoms with van der Waals surface area (Å²) in [6, 6.07) is 20.9. The number of carbonyl (C=O) groups excluding carboxylic acids is 2. The van der Waals surface area contributed by atoms with Crippen LogP contribution in [0.4, 0.5) is 11.5 Å². The molecular formula is C32H32ClN5O4. The third kappa shape index (κ3) is 7.61. The number of carboxylic acids is 1. The van der Waals surface area contributed by atoms with Gasteiger partial charge in [0, 0.05) is 29.3 Å². The third-order valence-electron chi connectivity index (χ3n) is 7.30. The van der Waals surface area contributed by atoms with Gasteiger partial charge in [0.15, 0.2) is 0 Å². The lowest BCUT2D eigenvalue weighted by atomic mass is 9.95. The molecule has 0 saturated heterocycles. The van der Waals surface area contributed by atoms with Crippen molar-refractivity contribution < 1.29 is 19.5 Å². The quantitative estimate of drug-likeness (QED) is 0.178. The Morgan fingerprint density at radius 3 is 2.38 bits per heavy atom. The highest BCUT2D eigenvalue weighted by Crippen LogP contribution is 2.24. The zero-order valence-corrected chi connectivity index (χ0v) is 23.8. The fraction of sp³-hybridized carbons (Fsp3) is 0.281. The number of anilines is 2. The van der Waals surface area contributed by atoms with E-state index in [0.717, 1.165) is 42.0 Å². The van der Waals surface area contributed by atoms with Crippen LogP contribution in [0.25, 0.3) is 10.8 Å². The van der Waals surface area contributed by atoms with Crippen LogP contribution in [0.1, 0.15) is 59.4 Å². The zero-order chi connectivity index (χ0) is 29.5. The first-order valence-electron chi connectivity index (χ1n) is 14.0. The molecule has 1 heterocycles. The van der Waals surface area contributed by atoms with Crippen LogP contribution >= 0.6 is 11.6 Å². The summed E-state index contributed by atoms with van der Waals surface area (Å²) in [6.45, 7) is -0.0541. The molecule has 1 aliphatic rings. The fourth-order valence-corrected chi connectivity index (χ4v) is 5.40. The molecule has 4 N–H and O–H groups in total. The molecule has 10 heteroatoms. The maximum atomic E-state index is 12.8. The Labute approximate surface area is 248 Å². The Balaban J connectivity index is 1.25. The van der Waals surface area contributed by atoms with E-state index in [1.807, 2.05) is 48.5 Å². The molecule has 2 amide bonds. The van der Waals surface area contributed by atoms with Crippen molar-refractivity contribution in [1.29, 1.82) is 0 Å². The number of fused-ring (bicyclic) bond motifs is 1. The second-order valence-corrected chi connectivity index (χ2v) is 10.8. The van der Waals surface area contributed by atoms with Gasteiger partial charge >= 0.3 is 5.97 Å². The molecule has 216 valence electrons. The van der Waals surface area contributed by atoms with Crippen molar-refractivity contribution in [3.05, 3.63) is 94.4 Å². The summed E-state index contributed by atoms with van der Waals surface area (Å²) in [5.41, 5.74) is 2.29. The van der Waals surface area contributed by atoms with E-state index in [1.54, 1.807) is 18.2 Å². The normalized spacial score (nSPS) is 13.5. The van der Waals surface area contributed by atoms with Gasteiger partial charge in [0.25, 0.3) is 5.91 Å². The number of rotatable bonds is 10. The van der Waals surface area contributed by atoms with Crippen molar-refractivity contribution in [2.45, 2.75) is 51.0 Å². The third-order valence-corrected chi connectivity index (χ3v) is 7.62. The minimum atomic E-state index is -1.08. The lowest BCUT2D eigenvalue weighted by molar-refractivity contribution is -0.136. The summed E-state index contributed by atoms with van der Waals surface area (Å²) in [7, 11) is 0. The number of amides is 2. The van der Waals surface area contributed by atoms with Gasteiger partial charge in [-0.25, -0.2) is 9.97 Å². The predicted octanol–water partition coefficient (Wildman–Crippen LogP) is 5.61. The lowest BCUT2D eigenvalue weighted by Gasteiger charge is -2.23. The summed E-state index contributed by atoms with van der Waals surface area (Å²) >= 11 is 6.39. The average molecular weight is 586 g/mol. The number of nitrogens with one attached hydrogen (secondary N) is 3. The van der Waals surface area contributed by atoms with Gasteiger partial charge in [-0.15, -0.1) is 0 Å². The maximum absolute atomic E-state index is 12.8. The molecule has 0 spiro atoms. The standard InChI is InChI=1S/C32H32ClN5O4/c33-30-26(18-29(40)41)31(34-19-28(39)35-24-8-2-1-3-9-24)38-27(37-30)16-20-10-14-25(15-11-20)36-32(42)23-13-12-21-6-4-5-7-22(21)17-23/h4-7,10-15,17,24H,1-3,8-9,16,18-19H2,(H,35,39)(H,36,42)(H,40,41)(H,34,37,38). The van der Waals surface area contributed by atoms with Crippen LogP contribution in [0.2, 0.25) is 5.15 Å². The molecule has 9 nitrogen and oxygen atoms in total. The number of carbonyl (C=O) groups is 3. The summed E-state index contributed by atoms with van der Waals surface area (Å²) in [5, 5.41) is 20.4. The number of halogens is 1. The number of aliphatic carboxylic acids is 1. The maximum Gasteiger partial charge on any atom is 0.308 e. The molecule has 5 rings (SSSR count). The minimum absolute atomic E-state index is 0.0249. The molecule has 0 unspecified atom stereocenters. The zero-order valence-electron chi connectivity index (χ0n) is 23.0. The van der Waals surface area contributed by atoms with Gasteiger partial charge in [-0.3, -0.25) is 14.4 Å². The number of hydrogen-bond donors (Lipinski definition) is 4. The molecule has 3 aromatic carbocycles. The largest absolute Gasteiger partial charge is 0.481 e. The number of nitrogens with zero attached hydrogens (tertiary/aromatic N) is 2. The number of benzene rings is 3. The molecule has 1 fully saturated rings. The van der Waals surface area contributed by atoms with Gasteiger partial charge in [0.05, 0.1) is 13.0 Å². The van der Waals surface area contributed by atoms with E-state index in [0.29, 0.717) is 23.5 Å². The van der Waals surface area contributed by atoms with Crippen LogP contribution in [0.3, 0.4) is 0 Å². The van der Waals surface area contributed by atoms with Crippen LogP contribution in [-0.4, -0.2) is 45.4 Å². The van der Waals surface area contributed by atoms with E-state index in [-0.39, 0.29) is 47.4 Å². The first-order chi connectivity index (χ1) is 20.3. The second-order valence-electron chi connectivity index (χ2n) is 10.5. The molecule has 1 saturated carbocycles. The van der Waals surface area contributed by atoms with Gasteiger partial charge in [0.2, 0.25) is 5.91 Å². The van der Waals surface area contributed by atoms with Crippen molar-refractivity contribution >= 4 is 51.7 Å². The first-order valence-corrected chi connectivity index (χ1v) is 14.4. The molecule has 0 bridgehead atoms. The van der Waals surface area contributed by atoms with Crippen LogP contribution in [-0.2, 0) is 22.4 Å². The molecule has 42 heavy (non-hydrogen) atoms. The van der Waals surface area contributed by atoms with E-state index in [4.69, 9.17) is 11.6 Å². The molecule has 0 aliphatic heterocycles. The van der Waals surface area contributed by atoms with Gasteiger partial charge in [-0.05, 0) is 53.4 Å². The highest BCUT2D eigenvalue weighted by Gasteiger charge is 2.19. The second kappa shape index (κ2) is 13.4. The van der Waals surface area contributed by atoms with E-state index >= 15 is 0 Å². The Hall–Kier alpha value is -4.50. The van der Waals surface area contributed by atoms with Crippen molar-refractivity contribution in [3.8, 4) is 0 Å². The van der Waals surface area contributed by atoms with E-state index in [2.05, 4.69) is 25.9 Å². The van der Waals surface area contributed by atoms with Crippen LogP contribution in [0.5, 0.6) is 0 Å². The predicted molar refractivity (Wildman–Crippen MR) is 163 cm³/mol. The molecule has 0 atom stereocenters. The van der Waals surface area contributed by atoms with Crippen LogP contribution < -0.4 is 16.0 Å². The van der Waals surface area contributed by atoms with Crippen LogP contribution in [0.15, 0.2) is 66.7 Å². The van der Waals surface area contributed by atoms with Crippen molar-refractivity contribution in [2.24, 2.45) is 0 Å². The summed E-state index contributed by atoms with van der Waals surface area (Å²) in [5.74, 6) is -0.867. The topological polar surface area (TPSA) is 133 Å². The van der Waals surface area contributed by atoms with Gasteiger partial charge < -0.3 is 21.1 Å². The SMILES string of the molecule is O=C(O)Cc1c(Cl)nc(Cc2ccc(NC(=O)c3ccc4ccccc4c3)cc2)nc1NCC(=O)NC1CCCCC1. The molecule has 0 radical (unpaired) electrons. The first kappa shape index (κ1) is 29.0. The molecule has 1 aromatic heterocycles. The molecule has 4 aromatic rings. The number of aromatic nitrogens is 2. The Kier molecular flexibility index (Phi) is 9.28. The van der Waals surface area contributed by atoms with Crippen molar-refractivity contribution in [1.82, 2.24) is 15.3 Å². The van der Waals surface area contributed by atoms with Crippen LogP contribution in [0, 0.1) is 0 Å². The molecule has 1 aliphatic carbocycles. The summed E-state index contributed by atoms with van der Waals surface area (Å²) < 4.78 is 0. The number of carboxylic acid groups (broad SMARTS) is 1.